The molecule has 0 aromatic carbocycles. The summed E-state index contributed by atoms with van der Waals surface area (Å²) in [6.45, 7) is 3.59. The van der Waals surface area contributed by atoms with Gasteiger partial charge in [0.05, 0.1) is 6.61 Å². The Bertz CT molecular complexity index is 676. The normalized spacial score (nSPS) is 12.6. The van der Waals surface area contributed by atoms with E-state index in [0.29, 0.717) is 12.8 Å². The van der Waals surface area contributed by atoms with Crippen molar-refractivity contribution in [2.45, 2.75) is 161 Å². The topological polar surface area (TPSA) is 119 Å². The first-order valence-corrected chi connectivity index (χ1v) is 17.5. The van der Waals surface area contributed by atoms with Crippen LogP contribution in [0.1, 0.15) is 155 Å². The summed E-state index contributed by atoms with van der Waals surface area (Å²) in [4.78, 5) is 42.2. The first kappa shape index (κ1) is 38.8. The lowest BCUT2D eigenvalue weighted by Crippen LogP contribution is -2.29. The van der Waals surface area contributed by atoms with E-state index in [9.17, 15) is 14.2 Å². The van der Waals surface area contributed by atoms with E-state index >= 15 is 0 Å². The predicted molar refractivity (Wildman–Crippen MR) is 161 cm³/mol. The second-order valence-electron chi connectivity index (χ2n) is 10.8. The minimum Gasteiger partial charge on any atom is -0.462 e. The van der Waals surface area contributed by atoms with Crippen LogP contribution in [-0.4, -0.2) is 41.0 Å². The third-order valence-corrected chi connectivity index (χ3v) is 7.27. The SMILES string of the molecule is CCCCCCCC/C=C/CCCCCCCC(=O)OC[C@H](COP(=O)(O)O)OC(=O)CCCCCCCCC. The van der Waals surface area contributed by atoms with Crippen LogP contribution >= 0.6 is 7.82 Å². The lowest BCUT2D eigenvalue weighted by molar-refractivity contribution is -0.161. The van der Waals surface area contributed by atoms with Crippen LogP contribution in [0.2, 0.25) is 0 Å². The number of phosphoric acid groups is 1. The summed E-state index contributed by atoms with van der Waals surface area (Å²) in [7, 11) is -4.73. The molecule has 0 radical (unpaired) electrons. The van der Waals surface area contributed by atoms with Crippen molar-refractivity contribution >= 4 is 19.8 Å². The first-order valence-electron chi connectivity index (χ1n) is 16.0. The molecular formula is C31H59O8P. The highest BCUT2D eigenvalue weighted by molar-refractivity contribution is 7.46. The molecule has 0 aliphatic heterocycles. The van der Waals surface area contributed by atoms with Crippen molar-refractivity contribution < 1.29 is 37.9 Å². The number of allylic oxidation sites excluding steroid dienone is 2. The number of carbonyl (C=O) groups excluding carboxylic acids is 2. The number of esters is 2. The molecule has 0 rings (SSSR count). The van der Waals surface area contributed by atoms with Crippen LogP contribution < -0.4 is 0 Å². The van der Waals surface area contributed by atoms with Crippen molar-refractivity contribution in [2.24, 2.45) is 0 Å². The number of unbranched alkanes of at least 4 members (excludes halogenated alkanes) is 17. The van der Waals surface area contributed by atoms with Gasteiger partial charge in [0.25, 0.3) is 0 Å². The summed E-state index contributed by atoms with van der Waals surface area (Å²) >= 11 is 0. The van der Waals surface area contributed by atoms with E-state index in [1.54, 1.807) is 0 Å². The highest BCUT2D eigenvalue weighted by atomic mass is 31.2. The Balaban J connectivity index is 3.97. The minimum absolute atomic E-state index is 0.211. The fraction of sp³-hybridized carbons (Fsp3) is 0.871. The molecule has 0 aliphatic rings. The molecule has 0 unspecified atom stereocenters. The summed E-state index contributed by atoms with van der Waals surface area (Å²) < 4.78 is 26.1. The van der Waals surface area contributed by atoms with Gasteiger partial charge >= 0.3 is 19.8 Å². The molecule has 0 saturated carbocycles. The molecule has 9 heteroatoms. The number of hydrogen-bond acceptors (Lipinski definition) is 6. The van der Waals surface area contributed by atoms with Gasteiger partial charge in [-0.05, 0) is 38.5 Å². The molecular weight excluding hydrogens is 531 g/mol. The molecule has 0 fully saturated rings. The van der Waals surface area contributed by atoms with E-state index in [1.807, 2.05) is 0 Å². The first-order chi connectivity index (χ1) is 19.3. The lowest BCUT2D eigenvalue weighted by Gasteiger charge is -2.18. The maximum Gasteiger partial charge on any atom is 0.469 e. The van der Waals surface area contributed by atoms with Crippen molar-refractivity contribution in [3.05, 3.63) is 12.2 Å². The smallest absolute Gasteiger partial charge is 0.462 e. The maximum atomic E-state index is 12.2. The molecule has 0 bridgehead atoms. The average molecular weight is 591 g/mol. The van der Waals surface area contributed by atoms with Crippen LogP contribution in [0.4, 0.5) is 0 Å². The average Bonchev–Trinajstić information content (AvgIpc) is 2.91. The van der Waals surface area contributed by atoms with Gasteiger partial charge in [-0.3, -0.25) is 14.1 Å². The number of carbonyl (C=O) groups is 2. The fourth-order valence-corrected chi connectivity index (χ4v) is 4.73. The molecule has 0 heterocycles. The van der Waals surface area contributed by atoms with Gasteiger partial charge in [0.1, 0.15) is 6.61 Å². The third kappa shape index (κ3) is 29.8. The van der Waals surface area contributed by atoms with Crippen molar-refractivity contribution in [3.8, 4) is 0 Å². The summed E-state index contributed by atoms with van der Waals surface area (Å²) in [5.74, 6) is -0.900. The molecule has 236 valence electrons. The molecule has 0 amide bonds. The molecule has 0 aromatic heterocycles. The zero-order valence-corrected chi connectivity index (χ0v) is 26.4. The van der Waals surface area contributed by atoms with Crippen LogP contribution in [-0.2, 0) is 28.2 Å². The number of phosphoric ester groups is 1. The molecule has 0 aliphatic carbocycles. The molecule has 0 spiro atoms. The molecule has 40 heavy (non-hydrogen) atoms. The second kappa shape index (κ2) is 27.9. The Hall–Kier alpha value is -1.21. The molecule has 2 N–H and O–H groups in total. The Morgan fingerprint density at radius 3 is 1.52 bits per heavy atom. The monoisotopic (exact) mass is 590 g/mol. The Morgan fingerprint density at radius 1 is 0.625 bits per heavy atom. The zero-order chi connectivity index (χ0) is 29.7. The predicted octanol–water partition coefficient (Wildman–Crippen LogP) is 8.73. The molecule has 0 saturated heterocycles. The third-order valence-electron chi connectivity index (χ3n) is 6.78. The van der Waals surface area contributed by atoms with Crippen LogP contribution in [0.15, 0.2) is 12.2 Å². The van der Waals surface area contributed by atoms with Crippen molar-refractivity contribution in [3.63, 3.8) is 0 Å². The number of hydrogen-bond donors (Lipinski definition) is 2. The summed E-state index contributed by atoms with van der Waals surface area (Å²) in [5, 5.41) is 0. The van der Waals surface area contributed by atoms with Crippen LogP contribution in [0.25, 0.3) is 0 Å². The van der Waals surface area contributed by atoms with Crippen LogP contribution in [0.5, 0.6) is 0 Å². The van der Waals surface area contributed by atoms with Gasteiger partial charge in [-0.2, -0.15) is 0 Å². The van der Waals surface area contributed by atoms with E-state index in [2.05, 4.69) is 30.5 Å². The van der Waals surface area contributed by atoms with E-state index in [-0.39, 0.29) is 19.4 Å². The van der Waals surface area contributed by atoms with Crippen LogP contribution in [0.3, 0.4) is 0 Å². The summed E-state index contributed by atoms with van der Waals surface area (Å²) in [6.07, 6.45) is 26.7. The number of rotatable bonds is 29. The van der Waals surface area contributed by atoms with E-state index < -0.39 is 32.5 Å². The lowest BCUT2D eigenvalue weighted by atomic mass is 10.1. The van der Waals surface area contributed by atoms with E-state index in [1.165, 1.54) is 64.2 Å². The van der Waals surface area contributed by atoms with Gasteiger partial charge in [-0.25, -0.2) is 4.57 Å². The van der Waals surface area contributed by atoms with Gasteiger partial charge in [-0.15, -0.1) is 0 Å². The Kier molecular flexibility index (Phi) is 27.1. The highest BCUT2D eigenvalue weighted by Gasteiger charge is 2.22. The van der Waals surface area contributed by atoms with Gasteiger partial charge < -0.3 is 19.3 Å². The Morgan fingerprint density at radius 2 is 1.05 bits per heavy atom. The Labute approximate surface area is 244 Å². The maximum absolute atomic E-state index is 12.2. The van der Waals surface area contributed by atoms with Crippen LogP contribution in [0, 0.1) is 0 Å². The quantitative estimate of drug-likeness (QED) is 0.0384. The molecule has 1 atom stereocenters. The summed E-state index contributed by atoms with van der Waals surface area (Å²) in [5.41, 5.74) is 0. The largest absolute Gasteiger partial charge is 0.469 e. The second-order valence-corrected chi connectivity index (χ2v) is 12.0. The van der Waals surface area contributed by atoms with Gasteiger partial charge in [0.15, 0.2) is 6.10 Å². The van der Waals surface area contributed by atoms with E-state index in [4.69, 9.17) is 19.3 Å². The van der Waals surface area contributed by atoms with Gasteiger partial charge in [0.2, 0.25) is 0 Å². The highest BCUT2D eigenvalue weighted by Crippen LogP contribution is 2.35. The van der Waals surface area contributed by atoms with E-state index in [0.717, 1.165) is 51.4 Å². The molecule has 0 aromatic rings. The van der Waals surface area contributed by atoms with Crippen molar-refractivity contribution in [2.75, 3.05) is 13.2 Å². The minimum atomic E-state index is -4.73. The van der Waals surface area contributed by atoms with Gasteiger partial charge in [-0.1, -0.05) is 116 Å². The van der Waals surface area contributed by atoms with Crippen molar-refractivity contribution in [1.82, 2.24) is 0 Å². The standard InChI is InChI=1S/C31H59O8P/c1-3-5-7-9-11-12-13-14-15-16-17-18-20-21-23-25-30(32)37-27-29(28-38-40(34,35)36)39-31(33)26-24-22-19-10-8-6-4-2/h14-15,29H,3-13,16-28H2,1-2H3,(H2,34,35,36)/b15-14+/t29-/m1/s1. The molecule has 8 nitrogen and oxygen atoms in total. The fourth-order valence-electron chi connectivity index (χ4n) is 4.37. The summed E-state index contributed by atoms with van der Waals surface area (Å²) in [6, 6.07) is 0. The van der Waals surface area contributed by atoms with Crippen molar-refractivity contribution in [1.29, 1.82) is 0 Å². The number of ether oxygens (including phenoxy) is 2. The van der Waals surface area contributed by atoms with Gasteiger partial charge in [0, 0.05) is 12.8 Å². The zero-order valence-electron chi connectivity index (χ0n) is 25.5.